The number of nitrogens with two attached hydrogens (primary N) is 1. The maximum Gasteiger partial charge on any atom is 0.255 e. The first-order chi connectivity index (χ1) is 14.1. The number of carbonyl (C=O) groups is 2. The average Bonchev–Trinajstić information content (AvgIpc) is 2.69. The molecule has 10 heteroatoms. The fourth-order valence-corrected chi connectivity index (χ4v) is 5.58. The Morgan fingerprint density at radius 1 is 1.10 bits per heavy atom. The number of nitrogens with zero attached hydrogens (tertiary/aromatic N) is 1. The van der Waals surface area contributed by atoms with Crippen molar-refractivity contribution in [3.05, 3.63) is 57.6 Å². The summed E-state index contributed by atoms with van der Waals surface area (Å²) in [5.41, 5.74) is 5.70. The van der Waals surface area contributed by atoms with Crippen molar-refractivity contribution in [1.82, 2.24) is 4.31 Å². The molecule has 3 N–H and O–H groups in total. The predicted molar refractivity (Wildman–Crippen MR) is 117 cm³/mol. The first kappa shape index (κ1) is 22.6. The summed E-state index contributed by atoms with van der Waals surface area (Å²) in [6, 6.07) is 8.27. The summed E-state index contributed by atoms with van der Waals surface area (Å²) in [4.78, 5) is 24.0. The SMILES string of the molecule is CC1CCCN(S(=O)(=O)c2cc(C(=O)Nc3cc(C(N)=O)ccc3Cl)ccc2Cl)C1. The van der Waals surface area contributed by atoms with Crippen molar-refractivity contribution in [3.63, 3.8) is 0 Å². The van der Waals surface area contributed by atoms with Gasteiger partial charge in [0, 0.05) is 24.2 Å². The highest BCUT2D eigenvalue weighted by Gasteiger charge is 2.31. The van der Waals surface area contributed by atoms with Crippen LogP contribution in [0.5, 0.6) is 0 Å². The van der Waals surface area contributed by atoms with Crippen LogP contribution >= 0.6 is 23.2 Å². The Hall–Kier alpha value is -2.13. The summed E-state index contributed by atoms with van der Waals surface area (Å²) in [5.74, 6) is -1.02. The average molecular weight is 470 g/mol. The lowest BCUT2D eigenvalue weighted by Crippen LogP contribution is -2.39. The molecule has 0 saturated carbocycles. The monoisotopic (exact) mass is 469 g/mol. The van der Waals surface area contributed by atoms with Crippen LogP contribution in [-0.4, -0.2) is 37.6 Å². The standard InChI is InChI=1S/C20H21Cl2N3O4S/c1-12-3-2-8-25(11-12)30(28,29)18-10-14(5-7-16(18)22)20(27)24-17-9-13(19(23)26)4-6-15(17)21/h4-7,9-10,12H,2-3,8,11H2,1H3,(H2,23,26)(H,24,27). The van der Waals surface area contributed by atoms with Crippen molar-refractivity contribution >= 4 is 50.7 Å². The van der Waals surface area contributed by atoms with Gasteiger partial charge in [-0.25, -0.2) is 8.42 Å². The minimum Gasteiger partial charge on any atom is -0.366 e. The zero-order valence-electron chi connectivity index (χ0n) is 16.2. The summed E-state index contributed by atoms with van der Waals surface area (Å²) in [6.45, 7) is 2.82. The molecule has 160 valence electrons. The van der Waals surface area contributed by atoms with Crippen LogP contribution in [0.15, 0.2) is 41.3 Å². The van der Waals surface area contributed by atoms with Crippen molar-refractivity contribution in [3.8, 4) is 0 Å². The van der Waals surface area contributed by atoms with Gasteiger partial charge in [-0.1, -0.05) is 30.1 Å². The van der Waals surface area contributed by atoms with Crippen LogP contribution in [0.4, 0.5) is 5.69 Å². The number of hydrogen-bond acceptors (Lipinski definition) is 4. The van der Waals surface area contributed by atoms with E-state index in [0.717, 1.165) is 12.8 Å². The number of primary amides is 1. The van der Waals surface area contributed by atoms with Gasteiger partial charge in [0.2, 0.25) is 15.9 Å². The number of sulfonamides is 1. The molecule has 2 amide bonds. The van der Waals surface area contributed by atoms with E-state index in [0.29, 0.717) is 13.1 Å². The molecular formula is C20H21Cl2N3O4S. The molecule has 1 atom stereocenters. The number of amides is 2. The second kappa shape index (κ2) is 8.93. The van der Waals surface area contributed by atoms with E-state index in [2.05, 4.69) is 5.32 Å². The summed E-state index contributed by atoms with van der Waals surface area (Å²) < 4.78 is 27.6. The molecule has 0 aliphatic carbocycles. The van der Waals surface area contributed by atoms with Gasteiger partial charge in [0.25, 0.3) is 5.91 Å². The third kappa shape index (κ3) is 4.78. The minimum absolute atomic E-state index is 0.0403. The first-order valence-electron chi connectivity index (χ1n) is 9.30. The molecule has 2 aromatic rings. The van der Waals surface area contributed by atoms with Crippen molar-refractivity contribution in [2.24, 2.45) is 11.7 Å². The normalized spacial score (nSPS) is 17.5. The zero-order chi connectivity index (χ0) is 22.1. The van der Waals surface area contributed by atoms with Gasteiger partial charge in [0.05, 0.1) is 15.7 Å². The topological polar surface area (TPSA) is 110 Å². The van der Waals surface area contributed by atoms with Crippen molar-refractivity contribution in [2.75, 3.05) is 18.4 Å². The van der Waals surface area contributed by atoms with Crippen LogP contribution in [0.2, 0.25) is 10.0 Å². The van der Waals surface area contributed by atoms with Crippen LogP contribution in [0.25, 0.3) is 0 Å². The van der Waals surface area contributed by atoms with Crippen molar-refractivity contribution < 1.29 is 18.0 Å². The Morgan fingerprint density at radius 2 is 1.77 bits per heavy atom. The van der Waals surface area contributed by atoms with Crippen molar-refractivity contribution in [1.29, 1.82) is 0 Å². The van der Waals surface area contributed by atoms with Crippen LogP contribution in [0.3, 0.4) is 0 Å². The molecule has 1 aliphatic heterocycles. The Bertz CT molecular complexity index is 1110. The van der Waals surface area contributed by atoms with E-state index >= 15 is 0 Å². The third-order valence-corrected chi connectivity index (χ3v) is 7.61. The Labute approximate surface area is 185 Å². The summed E-state index contributed by atoms with van der Waals surface area (Å²) in [5, 5.41) is 2.82. The number of halogens is 2. The van der Waals surface area contributed by atoms with Crippen LogP contribution in [-0.2, 0) is 10.0 Å². The summed E-state index contributed by atoms with van der Waals surface area (Å²) in [7, 11) is -3.85. The number of anilines is 1. The second-order valence-corrected chi connectivity index (χ2v) is 9.99. The predicted octanol–water partition coefficient (Wildman–Crippen LogP) is 3.77. The van der Waals surface area contributed by atoms with Gasteiger partial charge in [0.15, 0.2) is 0 Å². The Balaban J connectivity index is 1.91. The van der Waals surface area contributed by atoms with Gasteiger partial charge < -0.3 is 11.1 Å². The van der Waals surface area contributed by atoms with E-state index in [1.165, 1.54) is 40.7 Å². The Kier molecular flexibility index (Phi) is 6.71. The van der Waals surface area contributed by atoms with Crippen LogP contribution < -0.4 is 11.1 Å². The lowest BCUT2D eigenvalue weighted by atomic mass is 10.0. The highest BCUT2D eigenvalue weighted by Crippen LogP contribution is 2.30. The second-order valence-electron chi connectivity index (χ2n) is 7.27. The van der Waals surface area contributed by atoms with Crippen LogP contribution in [0, 0.1) is 5.92 Å². The summed E-state index contributed by atoms with van der Waals surface area (Å²) in [6.07, 6.45) is 1.74. The van der Waals surface area contributed by atoms with E-state index in [1.807, 2.05) is 6.92 Å². The molecule has 1 aliphatic rings. The van der Waals surface area contributed by atoms with Gasteiger partial charge in [-0.2, -0.15) is 4.31 Å². The third-order valence-electron chi connectivity index (χ3n) is 4.93. The van der Waals surface area contributed by atoms with E-state index in [9.17, 15) is 18.0 Å². The summed E-state index contributed by atoms with van der Waals surface area (Å²) >= 11 is 12.3. The van der Waals surface area contributed by atoms with Gasteiger partial charge >= 0.3 is 0 Å². The quantitative estimate of drug-likeness (QED) is 0.693. The van der Waals surface area contributed by atoms with E-state index in [-0.39, 0.29) is 37.7 Å². The highest BCUT2D eigenvalue weighted by molar-refractivity contribution is 7.89. The molecule has 1 heterocycles. The van der Waals surface area contributed by atoms with Crippen molar-refractivity contribution in [2.45, 2.75) is 24.7 Å². The molecule has 0 bridgehead atoms. The van der Waals surface area contributed by atoms with Gasteiger partial charge in [0.1, 0.15) is 4.90 Å². The molecule has 30 heavy (non-hydrogen) atoms. The molecule has 0 aromatic heterocycles. The number of piperidine rings is 1. The Morgan fingerprint density at radius 3 is 2.43 bits per heavy atom. The highest BCUT2D eigenvalue weighted by atomic mass is 35.5. The first-order valence-corrected chi connectivity index (χ1v) is 11.5. The van der Waals surface area contributed by atoms with E-state index in [1.54, 1.807) is 0 Å². The van der Waals surface area contributed by atoms with Gasteiger partial charge in [-0.05, 0) is 55.2 Å². The van der Waals surface area contributed by atoms with Crippen LogP contribution in [0.1, 0.15) is 40.5 Å². The number of rotatable bonds is 5. The molecule has 3 rings (SSSR count). The molecule has 7 nitrogen and oxygen atoms in total. The van der Waals surface area contributed by atoms with Gasteiger partial charge in [-0.15, -0.1) is 0 Å². The fourth-order valence-electron chi connectivity index (χ4n) is 3.31. The zero-order valence-corrected chi connectivity index (χ0v) is 18.5. The molecule has 2 aromatic carbocycles. The minimum atomic E-state index is -3.85. The fraction of sp³-hybridized carbons (Fsp3) is 0.300. The number of benzene rings is 2. The number of hydrogen-bond donors (Lipinski definition) is 2. The lowest BCUT2D eigenvalue weighted by Gasteiger charge is -2.30. The largest absolute Gasteiger partial charge is 0.366 e. The smallest absolute Gasteiger partial charge is 0.255 e. The molecule has 1 unspecified atom stereocenters. The molecule has 1 fully saturated rings. The lowest BCUT2D eigenvalue weighted by molar-refractivity contribution is 0.0996. The molecule has 0 radical (unpaired) electrons. The van der Waals surface area contributed by atoms with E-state index < -0.39 is 21.8 Å². The maximum atomic E-state index is 13.1. The molecule has 0 spiro atoms. The molecular weight excluding hydrogens is 449 g/mol. The van der Waals surface area contributed by atoms with Gasteiger partial charge in [-0.3, -0.25) is 9.59 Å². The number of nitrogens with one attached hydrogen (secondary N) is 1. The van der Waals surface area contributed by atoms with E-state index in [4.69, 9.17) is 28.9 Å². The number of carbonyl (C=O) groups excluding carboxylic acids is 2. The maximum absolute atomic E-state index is 13.1. The molecule has 1 saturated heterocycles.